The fraction of sp³-hybridized carbons (Fsp3) is 0.318. The quantitative estimate of drug-likeness (QED) is 0.792. The fourth-order valence-electron chi connectivity index (χ4n) is 4.21. The first kappa shape index (κ1) is 16.2. The molecule has 128 valence electrons. The zero-order valence-electron chi connectivity index (χ0n) is 14.7. The first-order chi connectivity index (χ1) is 12.2. The van der Waals surface area contributed by atoms with Crippen LogP contribution in [0.2, 0.25) is 0 Å². The molecule has 0 spiro atoms. The second-order valence-corrected chi connectivity index (χ2v) is 7.19. The Kier molecular flexibility index (Phi) is 4.51. The average Bonchev–Trinajstić information content (AvgIpc) is 3.05. The molecule has 2 atom stereocenters. The topological polar surface area (TPSA) is 42.1 Å². The van der Waals surface area contributed by atoms with Crippen molar-refractivity contribution in [2.24, 2.45) is 11.7 Å². The van der Waals surface area contributed by atoms with E-state index in [2.05, 4.69) is 65.3 Å². The standard InChI is InChI=1S/C22H25N3/c1-16-10-17(11-19-8-5-9-24-22(16)19)13-25-14-20(12-23)21(15-25)18-6-3-2-4-7-18/h2-11,20-21H,12-15,23H2,1H3/t20-,21+/m1/s1. The minimum absolute atomic E-state index is 0.533. The lowest BCUT2D eigenvalue weighted by Gasteiger charge is -2.17. The van der Waals surface area contributed by atoms with Gasteiger partial charge in [0, 0.05) is 37.1 Å². The number of likely N-dealkylation sites (tertiary alicyclic amines) is 1. The summed E-state index contributed by atoms with van der Waals surface area (Å²) >= 11 is 0. The maximum Gasteiger partial charge on any atom is 0.0731 e. The van der Waals surface area contributed by atoms with Crippen LogP contribution < -0.4 is 5.73 Å². The van der Waals surface area contributed by atoms with Gasteiger partial charge in [0.15, 0.2) is 0 Å². The van der Waals surface area contributed by atoms with Crippen molar-refractivity contribution in [2.75, 3.05) is 19.6 Å². The van der Waals surface area contributed by atoms with E-state index in [9.17, 15) is 0 Å². The molecule has 1 saturated heterocycles. The molecule has 1 aromatic heterocycles. The number of nitrogens with zero attached hydrogens (tertiary/aromatic N) is 2. The minimum atomic E-state index is 0.533. The Labute approximate surface area is 149 Å². The number of fused-ring (bicyclic) bond motifs is 1. The van der Waals surface area contributed by atoms with E-state index in [1.54, 1.807) is 0 Å². The Morgan fingerprint density at radius 2 is 1.92 bits per heavy atom. The monoisotopic (exact) mass is 331 g/mol. The molecule has 3 aromatic rings. The Morgan fingerprint density at radius 1 is 1.08 bits per heavy atom. The van der Waals surface area contributed by atoms with Crippen LogP contribution in [0, 0.1) is 12.8 Å². The van der Waals surface area contributed by atoms with Gasteiger partial charge in [0.25, 0.3) is 0 Å². The number of aryl methyl sites for hydroxylation is 1. The van der Waals surface area contributed by atoms with Gasteiger partial charge in [-0.05, 0) is 48.2 Å². The smallest absolute Gasteiger partial charge is 0.0731 e. The summed E-state index contributed by atoms with van der Waals surface area (Å²) in [5, 5.41) is 1.23. The molecule has 0 radical (unpaired) electrons. The van der Waals surface area contributed by atoms with Crippen LogP contribution in [0.5, 0.6) is 0 Å². The van der Waals surface area contributed by atoms with Crippen LogP contribution in [-0.4, -0.2) is 29.5 Å². The largest absolute Gasteiger partial charge is 0.330 e. The number of rotatable bonds is 4. The normalized spacial score (nSPS) is 21.0. The summed E-state index contributed by atoms with van der Waals surface area (Å²) in [6, 6.07) is 19.5. The molecule has 1 aliphatic rings. The van der Waals surface area contributed by atoms with Gasteiger partial charge in [0.2, 0.25) is 0 Å². The third kappa shape index (κ3) is 3.30. The number of hydrogen-bond acceptors (Lipinski definition) is 3. The minimum Gasteiger partial charge on any atom is -0.330 e. The summed E-state index contributed by atoms with van der Waals surface area (Å²) in [7, 11) is 0. The maximum atomic E-state index is 6.08. The average molecular weight is 331 g/mol. The number of hydrogen-bond donors (Lipinski definition) is 1. The van der Waals surface area contributed by atoms with Crippen molar-refractivity contribution in [1.82, 2.24) is 9.88 Å². The Hall–Kier alpha value is -2.23. The van der Waals surface area contributed by atoms with E-state index in [4.69, 9.17) is 5.73 Å². The number of aromatic nitrogens is 1. The molecule has 2 heterocycles. The Bertz CT molecular complexity index is 860. The van der Waals surface area contributed by atoms with Crippen molar-refractivity contribution >= 4 is 10.9 Å². The van der Waals surface area contributed by atoms with Gasteiger partial charge in [-0.25, -0.2) is 0 Å². The zero-order valence-corrected chi connectivity index (χ0v) is 14.7. The molecular weight excluding hydrogens is 306 g/mol. The molecule has 3 heteroatoms. The number of nitrogens with two attached hydrogens (primary N) is 1. The molecule has 1 fully saturated rings. The van der Waals surface area contributed by atoms with Crippen LogP contribution in [0.1, 0.15) is 22.6 Å². The van der Waals surface area contributed by atoms with Crippen molar-refractivity contribution in [3.8, 4) is 0 Å². The molecule has 0 unspecified atom stereocenters. The first-order valence-corrected chi connectivity index (χ1v) is 9.06. The molecular formula is C22H25N3. The van der Waals surface area contributed by atoms with Gasteiger partial charge in [0.05, 0.1) is 5.52 Å². The summed E-state index contributed by atoms with van der Waals surface area (Å²) < 4.78 is 0. The molecule has 3 nitrogen and oxygen atoms in total. The summed E-state index contributed by atoms with van der Waals surface area (Å²) in [5.41, 5.74) is 11.2. The highest BCUT2D eigenvalue weighted by Crippen LogP contribution is 2.33. The van der Waals surface area contributed by atoms with Gasteiger partial charge in [-0.2, -0.15) is 0 Å². The van der Waals surface area contributed by atoms with Gasteiger partial charge < -0.3 is 5.73 Å². The lowest BCUT2D eigenvalue weighted by atomic mass is 9.89. The summed E-state index contributed by atoms with van der Waals surface area (Å²) in [4.78, 5) is 7.05. The molecule has 4 rings (SSSR count). The van der Waals surface area contributed by atoms with Crippen LogP contribution in [0.15, 0.2) is 60.8 Å². The SMILES string of the molecule is Cc1cc(CN2C[C@@H](CN)[C@H](c3ccccc3)C2)cc2cccnc12. The van der Waals surface area contributed by atoms with Crippen LogP contribution in [0.4, 0.5) is 0 Å². The molecule has 0 bridgehead atoms. The predicted molar refractivity (Wildman–Crippen MR) is 103 cm³/mol. The number of pyridine rings is 1. The Balaban J connectivity index is 1.55. The van der Waals surface area contributed by atoms with Crippen molar-refractivity contribution in [1.29, 1.82) is 0 Å². The number of benzene rings is 2. The highest BCUT2D eigenvalue weighted by Gasteiger charge is 2.32. The highest BCUT2D eigenvalue weighted by atomic mass is 15.2. The lowest BCUT2D eigenvalue weighted by molar-refractivity contribution is 0.317. The fourth-order valence-corrected chi connectivity index (χ4v) is 4.21. The second-order valence-electron chi connectivity index (χ2n) is 7.19. The van der Waals surface area contributed by atoms with E-state index in [0.29, 0.717) is 11.8 Å². The van der Waals surface area contributed by atoms with E-state index in [1.165, 1.54) is 22.1 Å². The summed E-state index contributed by atoms with van der Waals surface area (Å²) in [5.74, 6) is 1.07. The molecule has 0 aliphatic carbocycles. The van der Waals surface area contributed by atoms with Crippen LogP contribution in [0.3, 0.4) is 0 Å². The molecule has 1 aliphatic heterocycles. The van der Waals surface area contributed by atoms with Crippen molar-refractivity contribution in [3.05, 3.63) is 77.5 Å². The Morgan fingerprint density at radius 3 is 2.72 bits per heavy atom. The second kappa shape index (κ2) is 6.95. The van der Waals surface area contributed by atoms with E-state index in [-0.39, 0.29) is 0 Å². The molecule has 0 amide bonds. The summed E-state index contributed by atoms with van der Waals surface area (Å²) in [6.45, 7) is 6.02. The van der Waals surface area contributed by atoms with Crippen molar-refractivity contribution < 1.29 is 0 Å². The van der Waals surface area contributed by atoms with Crippen molar-refractivity contribution in [2.45, 2.75) is 19.4 Å². The molecule has 0 saturated carbocycles. The van der Waals surface area contributed by atoms with Gasteiger partial charge in [-0.15, -0.1) is 0 Å². The van der Waals surface area contributed by atoms with E-state index < -0.39 is 0 Å². The third-order valence-corrected chi connectivity index (χ3v) is 5.41. The molecule has 25 heavy (non-hydrogen) atoms. The van der Waals surface area contributed by atoms with Gasteiger partial charge in [-0.1, -0.05) is 42.5 Å². The highest BCUT2D eigenvalue weighted by molar-refractivity contribution is 5.82. The van der Waals surface area contributed by atoms with Gasteiger partial charge in [-0.3, -0.25) is 9.88 Å². The zero-order chi connectivity index (χ0) is 17.2. The maximum absolute atomic E-state index is 6.08. The van der Waals surface area contributed by atoms with E-state index in [1.807, 2.05) is 12.3 Å². The van der Waals surface area contributed by atoms with Crippen LogP contribution in [-0.2, 0) is 6.54 Å². The van der Waals surface area contributed by atoms with Gasteiger partial charge in [0.1, 0.15) is 0 Å². The van der Waals surface area contributed by atoms with Crippen molar-refractivity contribution in [3.63, 3.8) is 0 Å². The lowest BCUT2D eigenvalue weighted by Crippen LogP contribution is -2.23. The summed E-state index contributed by atoms with van der Waals surface area (Å²) in [6.07, 6.45) is 1.87. The van der Waals surface area contributed by atoms with Crippen LogP contribution in [0.25, 0.3) is 10.9 Å². The van der Waals surface area contributed by atoms with E-state index in [0.717, 1.165) is 31.7 Å². The molecule has 2 N–H and O–H groups in total. The first-order valence-electron chi connectivity index (χ1n) is 9.06. The predicted octanol–water partition coefficient (Wildman–Crippen LogP) is 3.72. The van der Waals surface area contributed by atoms with Crippen LogP contribution >= 0.6 is 0 Å². The van der Waals surface area contributed by atoms with Gasteiger partial charge >= 0.3 is 0 Å². The molecule has 2 aromatic carbocycles. The third-order valence-electron chi connectivity index (χ3n) is 5.41. The van der Waals surface area contributed by atoms with E-state index >= 15 is 0 Å².